The van der Waals surface area contributed by atoms with Crippen molar-refractivity contribution in [2.45, 2.75) is 125 Å². The smallest absolute Gasteiger partial charge is 0.460 e. The van der Waals surface area contributed by atoms with Gasteiger partial charge in [0.15, 0.2) is 8.32 Å². The molecule has 0 aromatic heterocycles. The van der Waals surface area contributed by atoms with Crippen molar-refractivity contribution in [2.75, 3.05) is 26.9 Å². The molecule has 0 aliphatic carbocycles. The number of carbonyl (C=O) groups is 1. The van der Waals surface area contributed by atoms with Gasteiger partial charge in [0.25, 0.3) is 0 Å². The van der Waals surface area contributed by atoms with E-state index >= 15 is 0 Å². The van der Waals surface area contributed by atoms with Crippen molar-refractivity contribution >= 4 is 14.3 Å². The molecule has 1 N–H and O–H groups in total. The standard InChI is InChI=1S/C35H43F17O6Si/c1-8-56-25(53)11-9-10-22(6)27(55-7)26(54)23-12-14-24(15-13-23)57-17-18-58-59(20(2)3,21(4)5)19-16-28(36,37)29(38,39)30(40,41)31(42,43)32(44,45)33(46,47)34(48,49)35(50,51)52/h9-15,20-21,26-27,54H,8,16-19H2,1-7H3/b11-9+,22-10+/t26-,27-/m0/s1. The average molecular weight is 911 g/mol. The quantitative estimate of drug-likeness (QED) is 0.0294. The number of hydrogen-bond donors (Lipinski definition) is 1. The van der Waals surface area contributed by atoms with E-state index in [0.29, 0.717) is 11.1 Å². The van der Waals surface area contributed by atoms with Crippen LogP contribution in [0.2, 0.25) is 17.1 Å². The number of alkyl halides is 17. The van der Waals surface area contributed by atoms with Gasteiger partial charge in [-0.25, -0.2) is 4.79 Å². The highest BCUT2D eigenvalue weighted by Gasteiger charge is 2.95. The number of esters is 1. The first-order valence-corrected chi connectivity index (χ1v) is 19.6. The van der Waals surface area contributed by atoms with E-state index in [2.05, 4.69) is 0 Å². The van der Waals surface area contributed by atoms with Gasteiger partial charge in [0, 0.05) is 19.6 Å². The topological polar surface area (TPSA) is 74.2 Å². The largest absolute Gasteiger partial charge is 0.491 e. The van der Waals surface area contributed by atoms with Crippen LogP contribution in [0.5, 0.6) is 5.75 Å². The molecule has 0 fully saturated rings. The zero-order chi connectivity index (χ0) is 46.4. The fourth-order valence-corrected chi connectivity index (χ4v) is 10.3. The second-order valence-corrected chi connectivity index (χ2v) is 18.8. The van der Waals surface area contributed by atoms with Gasteiger partial charge in [-0.15, -0.1) is 0 Å². The number of allylic oxidation sites excluding steroid dienone is 2. The second kappa shape index (κ2) is 19.3. The number of rotatable bonds is 23. The molecule has 1 aromatic rings. The number of benzene rings is 1. The van der Waals surface area contributed by atoms with Crippen LogP contribution in [0, 0.1) is 0 Å². The Hall–Kier alpha value is -3.12. The minimum atomic E-state index is -8.69. The molecule has 1 rings (SSSR count). The van der Waals surface area contributed by atoms with E-state index in [0.717, 1.165) is 6.08 Å². The lowest BCUT2D eigenvalue weighted by Crippen LogP contribution is -2.74. The molecular formula is C35H43F17O6Si. The molecular weight excluding hydrogens is 867 g/mol. The molecule has 0 aliphatic heterocycles. The van der Waals surface area contributed by atoms with Gasteiger partial charge >= 0.3 is 53.6 Å². The van der Waals surface area contributed by atoms with Gasteiger partial charge in [0.2, 0.25) is 0 Å². The third kappa shape index (κ3) is 10.7. The summed E-state index contributed by atoms with van der Waals surface area (Å²) in [5.41, 5.74) is -0.901. The highest BCUT2D eigenvalue weighted by molar-refractivity contribution is 6.76. The Morgan fingerprint density at radius 2 is 1.19 bits per heavy atom. The maximum absolute atomic E-state index is 14.9. The minimum Gasteiger partial charge on any atom is -0.491 e. The minimum absolute atomic E-state index is 0.134. The molecule has 1 aromatic carbocycles. The summed E-state index contributed by atoms with van der Waals surface area (Å²) in [6, 6.07) is 4.29. The van der Waals surface area contributed by atoms with E-state index < -0.39 is 111 Å². The summed E-state index contributed by atoms with van der Waals surface area (Å²) in [4.78, 5) is 11.5. The Morgan fingerprint density at radius 3 is 1.61 bits per heavy atom. The van der Waals surface area contributed by atoms with Crippen LogP contribution in [0.1, 0.15) is 59.6 Å². The van der Waals surface area contributed by atoms with Crippen molar-refractivity contribution in [1.29, 1.82) is 0 Å². The lowest BCUT2D eigenvalue weighted by Gasteiger charge is -2.44. The first-order chi connectivity index (χ1) is 26.5. The molecule has 2 atom stereocenters. The van der Waals surface area contributed by atoms with Crippen LogP contribution in [-0.2, 0) is 18.7 Å². The Morgan fingerprint density at radius 1 is 0.729 bits per heavy atom. The number of hydrogen-bond acceptors (Lipinski definition) is 6. The van der Waals surface area contributed by atoms with Crippen molar-refractivity contribution in [1.82, 2.24) is 0 Å². The van der Waals surface area contributed by atoms with E-state index in [4.69, 9.17) is 18.6 Å². The number of ether oxygens (including phenoxy) is 3. The molecule has 0 spiro atoms. The molecule has 0 heterocycles. The van der Waals surface area contributed by atoms with Crippen LogP contribution >= 0.6 is 0 Å². The molecule has 0 saturated carbocycles. The molecule has 0 bridgehead atoms. The zero-order valence-corrected chi connectivity index (χ0v) is 33.3. The van der Waals surface area contributed by atoms with E-state index in [1.54, 1.807) is 13.8 Å². The number of methoxy groups -OCH3 is 1. The summed E-state index contributed by atoms with van der Waals surface area (Å²) in [7, 11) is -2.65. The van der Waals surface area contributed by atoms with E-state index in [1.807, 2.05) is 0 Å². The van der Waals surface area contributed by atoms with Crippen LogP contribution in [0.3, 0.4) is 0 Å². The van der Waals surface area contributed by atoms with Crippen molar-refractivity contribution in [2.24, 2.45) is 0 Å². The predicted molar refractivity (Wildman–Crippen MR) is 179 cm³/mol. The fraction of sp³-hybridized carbons (Fsp3) is 0.686. The molecule has 0 saturated heterocycles. The van der Waals surface area contributed by atoms with Gasteiger partial charge in [-0.3, -0.25) is 0 Å². The zero-order valence-electron chi connectivity index (χ0n) is 32.3. The summed E-state index contributed by atoms with van der Waals surface area (Å²) < 4.78 is 256. The van der Waals surface area contributed by atoms with Gasteiger partial charge in [-0.05, 0) is 54.2 Å². The molecule has 0 aliphatic rings. The first kappa shape index (κ1) is 53.9. The third-order valence-corrected chi connectivity index (χ3v) is 15.1. The third-order valence-electron chi connectivity index (χ3n) is 9.38. The Balaban J connectivity index is 3.22. The van der Waals surface area contributed by atoms with Crippen molar-refractivity contribution in [3.63, 3.8) is 0 Å². The summed E-state index contributed by atoms with van der Waals surface area (Å²) in [5, 5.41) is 10.9. The maximum Gasteiger partial charge on any atom is 0.460 e. The highest BCUT2D eigenvalue weighted by atomic mass is 28.4. The Labute approximate surface area is 328 Å². The second-order valence-electron chi connectivity index (χ2n) is 13.8. The summed E-state index contributed by atoms with van der Waals surface area (Å²) in [6.45, 7) is 7.78. The van der Waals surface area contributed by atoms with Gasteiger partial charge in [-0.2, -0.15) is 74.6 Å². The Kier molecular flexibility index (Phi) is 17.6. The van der Waals surface area contributed by atoms with Crippen LogP contribution in [0.25, 0.3) is 0 Å². The average Bonchev–Trinajstić information content (AvgIpc) is 3.10. The van der Waals surface area contributed by atoms with E-state index in [9.17, 15) is 84.5 Å². The maximum atomic E-state index is 14.9. The summed E-state index contributed by atoms with van der Waals surface area (Å²) in [5.74, 6) is -57.2. The summed E-state index contributed by atoms with van der Waals surface area (Å²) >= 11 is 0. The van der Waals surface area contributed by atoms with Gasteiger partial charge < -0.3 is 23.7 Å². The number of carbonyl (C=O) groups excluding carboxylic acids is 1. The number of halogens is 17. The highest BCUT2D eigenvalue weighted by Crippen LogP contribution is 2.64. The fourth-order valence-electron chi connectivity index (χ4n) is 5.81. The Bertz CT molecular complexity index is 1570. The molecule has 0 amide bonds. The van der Waals surface area contributed by atoms with Gasteiger partial charge in [0.1, 0.15) is 24.6 Å². The van der Waals surface area contributed by atoms with Gasteiger partial charge in [0.05, 0.1) is 13.2 Å². The van der Waals surface area contributed by atoms with Crippen LogP contribution < -0.4 is 4.74 Å². The van der Waals surface area contributed by atoms with E-state index in [1.165, 1.54) is 71.2 Å². The van der Waals surface area contributed by atoms with Gasteiger partial charge in [-0.1, -0.05) is 52.0 Å². The SMILES string of the molecule is CCOC(=O)/C=C/C=C(\C)[C@H](OC)[C@@H](O)c1ccc(OCCO[Si](CCC(F)(F)C(F)(F)C(F)(F)C(F)(F)C(F)(F)C(F)(F)C(F)(F)C(F)(F)F)(C(C)C)C(C)C)cc1. The normalized spacial score (nSPS) is 15.9. The molecule has 0 radical (unpaired) electrons. The predicted octanol–water partition coefficient (Wildman–Crippen LogP) is 11.4. The van der Waals surface area contributed by atoms with Crippen molar-refractivity contribution in [3.05, 3.63) is 53.6 Å². The monoisotopic (exact) mass is 910 g/mol. The van der Waals surface area contributed by atoms with Crippen molar-refractivity contribution in [3.8, 4) is 5.75 Å². The molecule has 59 heavy (non-hydrogen) atoms. The molecule has 0 unspecified atom stereocenters. The lowest BCUT2D eigenvalue weighted by molar-refractivity contribution is -0.461. The summed E-state index contributed by atoms with van der Waals surface area (Å²) in [6.07, 6.45) is -8.45. The number of aliphatic hydroxyl groups is 1. The van der Waals surface area contributed by atoms with Crippen molar-refractivity contribution < 1.29 is 103 Å². The van der Waals surface area contributed by atoms with E-state index in [-0.39, 0.29) is 12.4 Å². The van der Waals surface area contributed by atoms with Crippen LogP contribution in [0.4, 0.5) is 74.6 Å². The first-order valence-electron chi connectivity index (χ1n) is 17.3. The molecule has 342 valence electrons. The molecule has 24 heteroatoms. The molecule has 6 nitrogen and oxygen atoms in total. The van der Waals surface area contributed by atoms with Crippen LogP contribution in [-0.4, -0.2) is 100 Å². The lowest BCUT2D eigenvalue weighted by atomic mass is 9.88. The van der Waals surface area contributed by atoms with Crippen LogP contribution in [0.15, 0.2) is 48.1 Å². The number of aliphatic hydroxyl groups excluding tert-OH is 1.